The lowest BCUT2D eigenvalue weighted by atomic mass is 10.0. The van der Waals surface area contributed by atoms with E-state index in [1.165, 1.54) is 12.8 Å². The van der Waals surface area contributed by atoms with Gasteiger partial charge in [0.2, 0.25) is 5.91 Å². The summed E-state index contributed by atoms with van der Waals surface area (Å²) < 4.78 is 0. The number of hydrogen-bond acceptors (Lipinski definition) is 2. The molecule has 1 aromatic carbocycles. The number of rotatable bonds is 9. The van der Waals surface area contributed by atoms with Gasteiger partial charge >= 0.3 is 5.97 Å². The first-order valence-corrected chi connectivity index (χ1v) is 7.59. The Morgan fingerprint density at radius 2 is 1.95 bits per heavy atom. The van der Waals surface area contributed by atoms with Crippen LogP contribution in [0.1, 0.15) is 55.7 Å². The Morgan fingerprint density at radius 3 is 2.57 bits per heavy atom. The van der Waals surface area contributed by atoms with Gasteiger partial charge in [-0.1, -0.05) is 44.4 Å². The smallest absolute Gasteiger partial charge is 0.307 e. The number of unbranched alkanes of at least 4 members (excludes halogenated alkanes) is 3. The van der Waals surface area contributed by atoms with Crippen molar-refractivity contribution >= 4 is 11.9 Å². The summed E-state index contributed by atoms with van der Waals surface area (Å²) in [6.45, 7) is 4.55. The second kappa shape index (κ2) is 9.16. The molecule has 0 aliphatic rings. The van der Waals surface area contributed by atoms with E-state index in [-0.39, 0.29) is 12.3 Å². The molecule has 1 amide bonds. The summed E-state index contributed by atoms with van der Waals surface area (Å²) in [6, 6.07) is 5.64. The fraction of sp³-hybridized carbons (Fsp3) is 0.529. The van der Waals surface area contributed by atoms with Crippen LogP contribution in [0.15, 0.2) is 18.2 Å². The van der Waals surface area contributed by atoms with Crippen molar-refractivity contribution in [1.29, 1.82) is 0 Å². The van der Waals surface area contributed by atoms with Crippen LogP contribution in [0, 0.1) is 6.92 Å². The van der Waals surface area contributed by atoms with Crippen LogP contribution in [-0.4, -0.2) is 17.0 Å². The summed E-state index contributed by atoms with van der Waals surface area (Å²) in [7, 11) is 0. The predicted molar refractivity (Wildman–Crippen MR) is 83.1 cm³/mol. The van der Waals surface area contributed by atoms with Gasteiger partial charge in [-0.25, -0.2) is 0 Å². The third-order valence-electron chi connectivity index (χ3n) is 3.50. The molecular formula is C17H25NO3. The predicted octanol–water partition coefficient (Wildman–Crippen LogP) is 3.21. The minimum atomic E-state index is -0.828. The summed E-state index contributed by atoms with van der Waals surface area (Å²) >= 11 is 0. The molecule has 0 aliphatic carbocycles. The molecule has 1 aromatic rings. The van der Waals surface area contributed by atoms with Crippen molar-refractivity contribution in [2.45, 2.75) is 58.9 Å². The number of carbonyl (C=O) groups excluding carboxylic acids is 1. The minimum Gasteiger partial charge on any atom is -0.481 e. The Balaban J connectivity index is 2.40. The number of carbonyl (C=O) groups is 2. The zero-order valence-electron chi connectivity index (χ0n) is 12.9. The van der Waals surface area contributed by atoms with Gasteiger partial charge in [-0.2, -0.15) is 0 Å². The van der Waals surface area contributed by atoms with Crippen LogP contribution in [0.4, 0.5) is 0 Å². The van der Waals surface area contributed by atoms with Gasteiger partial charge < -0.3 is 10.4 Å². The Labute approximate surface area is 126 Å². The fourth-order valence-corrected chi connectivity index (χ4v) is 2.23. The molecule has 0 saturated carbocycles. The maximum Gasteiger partial charge on any atom is 0.307 e. The molecule has 0 spiro atoms. The van der Waals surface area contributed by atoms with E-state index >= 15 is 0 Å². The van der Waals surface area contributed by atoms with E-state index < -0.39 is 5.97 Å². The van der Waals surface area contributed by atoms with E-state index in [4.69, 9.17) is 5.11 Å². The van der Waals surface area contributed by atoms with Gasteiger partial charge in [0.25, 0.3) is 0 Å². The van der Waals surface area contributed by atoms with Crippen LogP contribution in [0.25, 0.3) is 0 Å². The SMILES string of the molecule is CCCCCCC(=O)NCc1ccc(CC(=O)O)c(C)c1. The average molecular weight is 291 g/mol. The first kappa shape index (κ1) is 17.2. The summed E-state index contributed by atoms with van der Waals surface area (Å²) in [5, 5.41) is 11.7. The third-order valence-corrected chi connectivity index (χ3v) is 3.50. The van der Waals surface area contributed by atoms with E-state index in [1.54, 1.807) is 0 Å². The monoisotopic (exact) mass is 291 g/mol. The van der Waals surface area contributed by atoms with E-state index in [2.05, 4.69) is 12.2 Å². The Hall–Kier alpha value is -1.84. The van der Waals surface area contributed by atoms with Crippen molar-refractivity contribution in [3.05, 3.63) is 34.9 Å². The van der Waals surface area contributed by atoms with Gasteiger partial charge in [0.1, 0.15) is 0 Å². The second-order valence-corrected chi connectivity index (χ2v) is 5.42. The van der Waals surface area contributed by atoms with Crippen LogP contribution < -0.4 is 5.32 Å². The van der Waals surface area contributed by atoms with Gasteiger partial charge in [-0.15, -0.1) is 0 Å². The summed E-state index contributed by atoms with van der Waals surface area (Å²) in [6.07, 6.45) is 5.01. The maximum absolute atomic E-state index is 11.7. The molecule has 0 aromatic heterocycles. The van der Waals surface area contributed by atoms with Gasteiger partial charge in [0.15, 0.2) is 0 Å². The maximum atomic E-state index is 11.7. The molecule has 0 unspecified atom stereocenters. The van der Waals surface area contributed by atoms with Crippen LogP contribution in [0.2, 0.25) is 0 Å². The summed E-state index contributed by atoms with van der Waals surface area (Å²) in [5.74, 6) is -0.746. The van der Waals surface area contributed by atoms with E-state index in [9.17, 15) is 9.59 Å². The van der Waals surface area contributed by atoms with E-state index in [0.717, 1.165) is 29.5 Å². The van der Waals surface area contributed by atoms with Crippen molar-refractivity contribution < 1.29 is 14.7 Å². The van der Waals surface area contributed by atoms with Crippen molar-refractivity contribution in [1.82, 2.24) is 5.32 Å². The number of amides is 1. The number of aliphatic carboxylic acids is 1. The Kier molecular flexibility index (Phi) is 7.51. The standard InChI is InChI=1S/C17H25NO3/c1-3-4-5-6-7-16(19)18-12-14-8-9-15(11-17(20)21)13(2)10-14/h8-10H,3-7,11-12H2,1-2H3,(H,18,19)(H,20,21). The molecule has 2 N–H and O–H groups in total. The number of carboxylic acid groups (broad SMARTS) is 1. The molecule has 0 heterocycles. The Morgan fingerprint density at radius 1 is 1.19 bits per heavy atom. The zero-order valence-corrected chi connectivity index (χ0v) is 12.9. The van der Waals surface area contributed by atoms with Crippen molar-refractivity contribution in [2.75, 3.05) is 0 Å². The van der Waals surface area contributed by atoms with E-state index in [1.807, 2.05) is 25.1 Å². The number of hydrogen-bond donors (Lipinski definition) is 2. The zero-order chi connectivity index (χ0) is 15.7. The molecule has 0 saturated heterocycles. The van der Waals surface area contributed by atoms with Gasteiger partial charge in [-0.05, 0) is 30.0 Å². The number of aryl methyl sites for hydroxylation is 1. The molecule has 21 heavy (non-hydrogen) atoms. The molecule has 0 bridgehead atoms. The van der Waals surface area contributed by atoms with E-state index in [0.29, 0.717) is 13.0 Å². The van der Waals surface area contributed by atoms with Crippen LogP contribution >= 0.6 is 0 Å². The topological polar surface area (TPSA) is 66.4 Å². The van der Waals surface area contributed by atoms with Crippen LogP contribution in [0.5, 0.6) is 0 Å². The molecule has 4 nitrogen and oxygen atoms in total. The van der Waals surface area contributed by atoms with Gasteiger partial charge in [-0.3, -0.25) is 9.59 Å². The highest BCUT2D eigenvalue weighted by Gasteiger charge is 2.06. The third kappa shape index (κ3) is 6.93. The molecule has 0 atom stereocenters. The molecule has 0 radical (unpaired) electrons. The molecule has 0 fully saturated rings. The van der Waals surface area contributed by atoms with Gasteiger partial charge in [0, 0.05) is 13.0 Å². The lowest BCUT2D eigenvalue weighted by Gasteiger charge is -2.08. The highest BCUT2D eigenvalue weighted by molar-refractivity contribution is 5.75. The first-order chi connectivity index (χ1) is 10.0. The average Bonchev–Trinajstić information content (AvgIpc) is 2.43. The van der Waals surface area contributed by atoms with Crippen molar-refractivity contribution in [2.24, 2.45) is 0 Å². The molecule has 1 rings (SSSR count). The first-order valence-electron chi connectivity index (χ1n) is 7.59. The number of benzene rings is 1. The molecule has 0 aliphatic heterocycles. The molecule has 116 valence electrons. The quantitative estimate of drug-likeness (QED) is 0.687. The number of nitrogens with one attached hydrogen (secondary N) is 1. The summed E-state index contributed by atoms with van der Waals surface area (Å²) in [4.78, 5) is 22.4. The van der Waals surface area contributed by atoms with Crippen LogP contribution in [0.3, 0.4) is 0 Å². The van der Waals surface area contributed by atoms with Crippen molar-refractivity contribution in [3.8, 4) is 0 Å². The molecule has 4 heteroatoms. The van der Waals surface area contributed by atoms with Crippen LogP contribution in [-0.2, 0) is 22.6 Å². The van der Waals surface area contributed by atoms with Gasteiger partial charge in [0.05, 0.1) is 6.42 Å². The second-order valence-electron chi connectivity index (χ2n) is 5.42. The van der Waals surface area contributed by atoms with Crippen molar-refractivity contribution in [3.63, 3.8) is 0 Å². The highest BCUT2D eigenvalue weighted by atomic mass is 16.4. The Bertz CT molecular complexity index is 483. The minimum absolute atomic E-state index is 0.0376. The highest BCUT2D eigenvalue weighted by Crippen LogP contribution is 2.12. The lowest BCUT2D eigenvalue weighted by molar-refractivity contribution is -0.136. The number of carboxylic acids is 1. The normalized spacial score (nSPS) is 10.4. The summed E-state index contributed by atoms with van der Waals surface area (Å²) in [5.41, 5.74) is 2.77. The fourth-order valence-electron chi connectivity index (χ4n) is 2.23. The molecular weight excluding hydrogens is 266 g/mol. The lowest BCUT2D eigenvalue weighted by Crippen LogP contribution is -2.22. The largest absolute Gasteiger partial charge is 0.481 e.